The molecule has 2 aromatic carbocycles. The van der Waals surface area contributed by atoms with Crippen molar-refractivity contribution in [3.63, 3.8) is 0 Å². The van der Waals surface area contributed by atoms with Crippen LogP contribution < -0.4 is 15.4 Å². The van der Waals surface area contributed by atoms with E-state index in [0.29, 0.717) is 12.3 Å². The summed E-state index contributed by atoms with van der Waals surface area (Å²) in [4.78, 5) is 23.3. The summed E-state index contributed by atoms with van der Waals surface area (Å²) < 4.78 is 5.35. The van der Waals surface area contributed by atoms with E-state index in [1.807, 2.05) is 49.4 Å². The maximum Gasteiger partial charge on any atom is 0.258 e. The van der Waals surface area contributed by atoms with E-state index in [2.05, 4.69) is 10.6 Å². The van der Waals surface area contributed by atoms with E-state index < -0.39 is 0 Å². The van der Waals surface area contributed by atoms with E-state index in [0.717, 1.165) is 17.5 Å². The molecule has 0 radical (unpaired) electrons. The standard InChI is InChI=1S/C19H22N2O3/c1-15-7-9-17(10-8-15)24-14-19(23)21-13-18(22)20-12-11-16-5-3-2-4-6-16/h2-10H,11-14H2,1H3,(H,20,22)(H,21,23). The summed E-state index contributed by atoms with van der Waals surface area (Å²) in [5, 5.41) is 5.31. The number of hydrogen-bond acceptors (Lipinski definition) is 3. The molecule has 5 nitrogen and oxygen atoms in total. The molecule has 0 atom stereocenters. The van der Waals surface area contributed by atoms with Crippen LogP contribution in [0.25, 0.3) is 0 Å². The van der Waals surface area contributed by atoms with Crippen molar-refractivity contribution >= 4 is 11.8 Å². The molecule has 0 aromatic heterocycles. The third-order valence-electron chi connectivity index (χ3n) is 3.42. The fourth-order valence-electron chi connectivity index (χ4n) is 2.07. The monoisotopic (exact) mass is 326 g/mol. The molecule has 2 N–H and O–H groups in total. The number of hydrogen-bond donors (Lipinski definition) is 2. The Hall–Kier alpha value is -2.82. The minimum absolute atomic E-state index is 0.0507. The highest BCUT2D eigenvalue weighted by atomic mass is 16.5. The molecule has 5 heteroatoms. The molecule has 0 saturated carbocycles. The summed E-state index contributed by atoms with van der Waals surface area (Å²) in [6.45, 7) is 2.36. The molecule has 0 aliphatic rings. The molecule has 0 bridgehead atoms. The lowest BCUT2D eigenvalue weighted by atomic mass is 10.1. The number of nitrogens with one attached hydrogen (secondary N) is 2. The number of carbonyl (C=O) groups is 2. The Morgan fingerprint density at radius 3 is 2.33 bits per heavy atom. The first-order valence-corrected chi connectivity index (χ1v) is 7.90. The van der Waals surface area contributed by atoms with Gasteiger partial charge in [0.1, 0.15) is 5.75 Å². The smallest absolute Gasteiger partial charge is 0.258 e. The second kappa shape index (κ2) is 9.35. The van der Waals surface area contributed by atoms with Crippen molar-refractivity contribution in [1.82, 2.24) is 10.6 Å². The predicted molar refractivity (Wildman–Crippen MR) is 92.8 cm³/mol. The van der Waals surface area contributed by atoms with Crippen molar-refractivity contribution in [3.8, 4) is 5.75 Å². The minimum Gasteiger partial charge on any atom is -0.484 e. The topological polar surface area (TPSA) is 67.4 Å². The number of benzene rings is 2. The molecular formula is C19H22N2O3. The second-order valence-electron chi connectivity index (χ2n) is 5.46. The van der Waals surface area contributed by atoms with Crippen molar-refractivity contribution in [2.45, 2.75) is 13.3 Å². The highest BCUT2D eigenvalue weighted by molar-refractivity contribution is 5.85. The van der Waals surface area contributed by atoms with Crippen LogP contribution in [0.5, 0.6) is 5.75 Å². The molecule has 0 aliphatic carbocycles. The lowest BCUT2D eigenvalue weighted by Gasteiger charge is -2.08. The summed E-state index contributed by atoms with van der Waals surface area (Å²) in [7, 11) is 0. The Kier molecular flexibility index (Phi) is 6.83. The van der Waals surface area contributed by atoms with Gasteiger partial charge in [0.05, 0.1) is 6.54 Å². The first-order chi connectivity index (χ1) is 11.6. The van der Waals surface area contributed by atoms with Crippen LogP contribution in [0.1, 0.15) is 11.1 Å². The minimum atomic E-state index is -0.325. The summed E-state index contributed by atoms with van der Waals surface area (Å²) in [6.07, 6.45) is 0.761. The Bertz CT molecular complexity index is 654. The third kappa shape index (κ3) is 6.52. The second-order valence-corrected chi connectivity index (χ2v) is 5.46. The summed E-state index contributed by atoms with van der Waals surface area (Å²) in [5.41, 5.74) is 2.28. The van der Waals surface area contributed by atoms with Gasteiger partial charge < -0.3 is 15.4 Å². The van der Waals surface area contributed by atoms with Crippen LogP contribution in [0.15, 0.2) is 54.6 Å². The molecule has 24 heavy (non-hydrogen) atoms. The van der Waals surface area contributed by atoms with Gasteiger partial charge in [-0.05, 0) is 31.0 Å². The van der Waals surface area contributed by atoms with Crippen molar-refractivity contribution in [2.24, 2.45) is 0 Å². The van der Waals surface area contributed by atoms with Crippen LogP contribution in [-0.4, -0.2) is 31.5 Å². The quantitative estimate of drug-likeness (QED) is 0.778. The van der Waals surface area contributed by atoms with Crippen molar-refractivity contribution in [2.75, 3.05) is 19.7 Å². The van der Waals surface area contributed by atoms with Crippen molar-refractivity contribution in [3.05, 3.63) is 65.7 Å². The molecular weight excluding hydrogens is 304 g/mol. The maximum atomic E-state index is 11.7. The number of ether oxygens (including phenoxy) is 1. The van der Waals surface area contributed by atoms with E-state index >= 15 is 0 Å². The van der Waals surface area contributed by atoms with Gasteiger partial charge in [0.2, 0.25) is 5.91 Å². The largest absolute Gasteiger partial charge is 0.484 e. The van der Waals surface area contributed by atoms with Gasteiger partial charge in [0.25, 0.3) is 5.91 Å². The SMILES string of the molecule is Cc1ccc(OCC(=O)NCC(=O)NCCc2ccccc2)cc1. The fraction of sp³-hybridized carbons (Fsp3) is 0.263. The van der Waals surface area contributed by atoms with Crippen molar-refractivity contribution < 1.29 is 14.3 Å². The zero-order chi connectivity index (χ0) is 17.2. The Labute approximate surface area is 142 Å². The van der Waals surface area contributed by atoms with Gasteiger partial charge in [-0.1, -0.05) is 48.0 Å². The Morgan fingerprint density at radius 2 is 1.62 bits per heavy atom. The van der Waals surface area contributed by atoms with E-state index in [-0.39, 0.29) is 25.0 Å². The van der Waals surface area contributed by atoms with Crippen LogP contribution in [0.2, 0.25) is 0 Å². The Balaban J connectivity index is 1.59. The summed E-state index contributed by atoms with van der Waals surface area (Å²) in [5.74, 6) is 0.0893. The molecule has 0 aliphatic heterocycles. The van der Waals surface area contributed by atoms with Crippen LogP contribution in [0.4, 0.5) is 0 Å². The zero-order valence-electron chi connectivity index (χ0n) is 13.7. The van der Waals surface area contributed by atoms with Crippen LogP contribution in [0, 0.1) is 6.92 Å². The molecule has 0 saturated heterocycles. The molecule has 2 aromatic rings. The molecule has 0 heterocycles. The average molecular weight is 326 g/mol. The molecule has 2 amide bonds. The summed E-state index contributed by atoms with van der Waals surface area (Å²) in [6, 6.07) is 17.3. The first-order valence-electron chi connectivity index (χ1n) is 7.90. The number of carbonyl (C=O) groups excluding carboxylic acids is 2. The fourth-order valence-corrected chi connectivity index (χ4v) is 2.07. The van der Waals surface area contributed by atoms with Gasteiger partial charge in [0.15, 0.2) is 6.61 Å². The normalized spacial score (nSPS) is 10.0. The van der Waals surface area contributed by atoms with Gasteiger partial charge >= 0.3 is 0 Å². The van der Waals surface area contributed by atoms with E-state index in [1.54, 1.807) is 12.1 Å². The predicted octanol–water partition coefficient (Wildman–Crippen LogP) is 1.85. The Morgan fingerprint density at radius 1 is 0.917 bits per heavy atom. The van der Waals surface area contributed by atoms with E-state index in [4.69, 9.17) is 4.74 Å². The molecule has 126 valence electrons. The van der Waals surface area contributed by atoms with E-state index in [9.17, 15) is 9.59 Å². The van der Waals surface area contributed by atoms with Gasteiger partial charge in [-0.3, -0.25) is 9.59 Å². The average Bonchev–Trinajstić information content (AvgIpc) is 2.60. The summed E-state index contributed by atoms with van der Waals surface area (Å²) >= 11 is 0. The third-order valence-corrected chi connectivity index (χ3v) is 3.42. The van der Waals surface area contributed by atoms with Crippen molar-refractivity contribution in [1.29, 1.82) is 0 Å². The number of aryl methyl sites for hydroxylation is 1. The highest BCUT2D eigenvalue weighted by Crippen LogP contribution is 2.10. The van der Waals surface area contributed by atoms with Crippen LogP contribution in [0.3, 0.4) is 0 Å². The molecule has 2 rings (SSSR count). The van der Waals surface area contributed by atoms with Crippen LogP contribution in [-0.2, 0) is 16.0 Å². The van der Waals surface area contributed by atoms with Gasteiger partial charge in [-0.2, -0.15) is 0 Å². The molecule has 0 unspecified atom stereocenters. The van der Waals surface area contributed by atoms with Crippen LogP contribution >= 0.6 is 0 Å². The zero-order valence-corrected chi connectivity index (χ0v) is 13.7. The number of amides is 2. The number of rotatable bonds is 8. The maximum absolute atomic E-state index is 11.7. The first kappa shape index (κ1) is 17.5. The molecule has 0 fully saturated rings. The molecule has 0 spiro atoms. The highest BCUT2D eigenvalue weighted by Gasteiger charge is 2.06. The van der Waals surface area contributed by atoms with E-state index in [1.165, 1.54) is 0 Å². The van der Waals surface area contributed by atoms with Gasteiger partial charge in [-0.25, -0.2) is 0 Å². The van der Waals surface area contributed by atoms with Gasteiger partial charge in [-0.15, -0.1) is 0 Å². The van der Waals surface area contributed by atoms with Gasteiger partial charge in [0, 0.05) is 6.54 Å². The lowest BCUT2D eigenvalue weighted by molar-refractivity contribution is -0.127. The lowest BCUT2D eigenvalue weighted by Crippen LogP contribution is -2.39.